The number of nitrogens with zero attached hydrogens (tertiary/aromatic N) is 2. The molecule has 1 aromatic heterocycles. The topological polar surface area (TPSA) is 91.4 Å². The van der Waals surface area contributed by atoms with Crippen LogP contribution in [0.3, 0.4) is 0 Å². The third-order valence-electron chi connectivity index (χ3n) is 5.08. The molecule has 1 aliphatic rings. The van der Waals surface area contributed by atoms with Crippen molar-refractivity contribution in [2.45, 2.75) is 32.2 Å². The highest BCUT2D eigenvalue weighted by Gasteiger charge is 2.30. The van der Waals surface area contributed by atoms with Gasteiger partial charge in [0.05, 0.1) is 23.4 Å². The number of likely N-dealkylation sites (tertiary alicyclic amines) is 1. The van der Waals surface area contributed by atoms with Crippen LogP contribution in [0.4, 0.5) is 5.82 Å². The molecule has 2 aromatic rings. The molecular weight excluding hydrogens is 404 g/mol. The van der Waals surface area contributed by atoms with Crippen LogP contribution in [0, 0.1) is 5.92 Å². The standard InChI is InChI=1S/C22H25ClN4O3/c1-15(28)25-19(16-6-3-2-4-7-16)12-21(29)27-11-5-8-17(14-27)22(30)26-20-10-9-18(23)13-24-20/h2-4,6-7,9-10,13,17,19H,5,8,11-12,14H2,1H3,(H,25,28)(H,24,26,30). The molecule has 0 radical (unpaired) electrons. The number of hydrogen-bond donors (Lipinski definition) is 2. The molecule has 0 aliphatic carbocycles. The van der Waals surface area contributed by atoms with Gasteiger partial charge in [0.2, 0.25) is 17.7 Å². The zero-order chi connectivity index (χ0) is 21.5. The maximum absolute atomic E-state index is 12.9. The van der Waals surface area contributed by atoms with Crippen molar-refractivity contribution >= 4 is 35.1 Å². The van der Waals surface area contributed by atoms with Gasteiger partial charge in [-0.2, -0.15) is 0 Å². The van der Waals surface area contributed by atoms with Gasteiger partial charge in [-0.05, 0) is 30.5 Å². The normalized spacial score (nSPS) is 17.1. The molecule has 1 saturated heterocycles. The summed E-state index contributed by atoms with van der Waals surface area (Å²) in [4.78, 5) is 43.0. The molecule has 2 atom stereocenters. The third kappa shape index (κ3) is 6.03. The molecule has 1 aliphatic heterocycles. The van der Waals surface area contributed by atoms with E-state index >= 15 is 0 Å². The number of hydrogen-bond acceptors (Lipinski definition) is 4. The van der Waals surface area contributed by atoms with Crippen LogP contribution in [0.25, 0.3) is 0 Å². The lowest BCUT2D eigenvalue weighted by molar-refractivity contribution is -0.135. The Morgan fingerprint density at radius 3 is 2.63 bits per heavy atom. The molecule has 3 rings (SSSR count). The van der Waals surface area contributed by atoms with E-state index in [1.807, 2.05) is 30.3 Å². The van der Waals surface area contributed by atoms with Crippen LogP contribution in [0.1, 0.15) is 37.8 Å². The van der Waals surface area contributed by atoms with Crippen LogP contribution in [-0.4, -0.2) is 40.7 Å². The Hall–Kier alpha value is -2.93. The second-order valence-corrected chi connectivity index (χ2v) is 7.83. The molecule has 30 heavy (non-hydrogen) atoms. The van der Waals surface area contributed by atoms with Crippen LogP contribution in [0.5, 0.6) is 0 Å². The summed E-state index contributed by atoms with van der Waals surface area (Å²) in [6.45, 7) is 2.38. The Balaban J connectivity index is 1.61. The van der Waals surface area contributed by atoms with Crippen molar-refractivity contribution in [2.75, 3.05) is 18.4 Å². The molecule has 3 amide bonds. The number of rotatable bonds is 6. The van der Waals surface area contributed by atoms with Gasteiger partial charge in [0.15, 0.2) is 0 Å². The predicted octanol–water partition coefficient (Wildman–Crippen LogP) is 3.18. The van der Waals surface area contributed by atoms with Crippen molar-refractivity contribution in [1.82, 2.24) is 15.2 Å². The number of pyridine rings is 1. The Kier molecular flexibility index (Phi) is 7.41. The van der Waals surface area contributed by atoms with Crippen molar-refractivity contribution in [3.8, 4) is 0 Å². The van der Waals surface area contributed by atoms with E-state index in [2.05, 4.69) is 15.6 Å². The maximum atomic E-state index is 12.9. The molecule has 7 nitrogen and oxygen atoms in total. The van der Waals surface area contributed by atoms with Crippen molar-refractivity contribution in [1.29, 1.82) is 0 Å². The summed E-state index contributed by atoms with van der Waals surface area (Å²) < 4.78 is 0. The molecule has 2 heterocycles. The molecule has 0 saturated carbocycles. The zero-order valence-electron chi connectivity index (χ0n) is 16.8. The second kappa shape index (κ2) is 10.2. The fourth-order valence-electron chi connectivity index (χ4n) is 3.58. The van der Waals surface area contributed by atoms with Gasteiger partial charge < -0.3 is 15.5 Å². The molecule has 0 spiro atoms. The summed E-state index contributed by atoms with van der Waals surface area (Å²) in [6.07, 6.45) is 3.07. The Labute approximate surface area is 180 Å². The second-order valence-electron chi connectivity index (χ2n) is 7.40. The summed E-state index contributed by atoms with van der Waals surface area (Å²) in [7, 11) is 0. The van der Waals surface area contributed by atoms with E-state index in [9.17, 15) is 14.4 Å². The first-order valence-electron chi connectivity index (χ1n) is 9.94. The minimum Gasteiger partial charge on any atom is -0.349 e. The Morgan fingerprint density at radius 2 is 1.97 bits per heavy atom. The molecule has 8 heteroatoms. The fourth-order valence-corrected chi connectivity index (χ4v) is 3.69. The van der Waals surface area contributed by atoms with Gasteiger partial charge in [0.1, 0.15) is 5.82 Å². The molecule has 0 bridgehead atoms. The fraction of sp³-hybridized carbons (Fsp3) is 0.364. The number of amides is 3. The molecular formula is C22H25ClN4O3. The van der Waals surface area contributed by atoms with Gasteiger partial charge in [0, 0.05) is 26.2 Å². The molecule has 1 fully saturated rings. The van der Waals surface area contributed by atoms with E-state index in [-0.39, 0.29) is 30.1 Å². The van der Waals surface area contributed by atoms with Crippen molar-refractivity contribution in [2.24, 2.45) is 5.92 Å². The lowest BCUT2D eigenvalue weighted by Crippen LogP contribution is -2.45. The third-order valence-corrected chi connectivity index (χ3v) is 5.31. The van der Waals surface area contributed by atoms with Crippen molar-refractivity contribution in [3.05, 3.63) is 59.2 Å². The first-order chi connectivity index (χ1) is 14.4. The van der Waals surface area contributed by atoms with Gasteiger partial charge in [-0.1, -0.05) is 41.9 Å². The minimum absolute atomic E-state index is 0.0836. The van der Waals surface area contributed by atoms with E-state index < -0.39 is 6.04 Å². The number of halogens is 1. The van der Waals surface area contributed by atoms with E-state index in [0.29, 0.717) is 30.4 Å². The predicted molar refractivity (Wildman–Crippen MR) is 115 cm³/mol. The van der Waals surface area contributed by atoms with Crippen LogP contribution in [0.15, 0.2) is 48.7 Å². The van der Waals surface area contributed by atoms with E-state index in [1.165, 1.54) is 13.1 Å². The Bertz CT molecular complexity index is 889. The van der Waals surface area contributed by atoms with E-state index in [4.69, 9.17) is 11.6 Å². The highest BCUT2D eigenvalue weighted by atomic mass is 35.5. The molecule has 2 N–H and O–H groups in total. The van der Waals surface area contributed by atoms with Crippen molar-refractivity contribution in [3.63, 3.8) is 0 Å². The van der Waals surface area contributed by atoms with Gasteiger partial charge in [-0.15, -0.1) is 0 Å². The average Bonchev–Trinajstić information content (AvgIpc) is 2.75. The highest BCUT2D eigenvalue weighted by Crippen LogP contribution is 2.23. The lowest BCUT2D eigenvalue weighted by Gasteiger charge is -2.33. The number of carbonyl (C=O) groups excluding carboxylic acids is 3. The largest absolute Gasteiger partial charge is 0.349 e. The number of anilines is 1. The molecule has 2 unspecified atom stereocenters. The molecule has 158 valence electrons. The summed E-state index contributed by atoms with van der Waals surface area (Å²) in [5.74, 6) is -0.315. The van der Waals surface area contributed by atoms with E-state index in [1.54, 1.807) is 17.0 Å². The summed E-state index contributed by atoms with van der Waals surface area (Å²) >= 11 is 5.82. The summed E-state index contributed by atoms with van der Waals surface area (Å²) in [5.41, 5.74) is 0.876. The van der Waals surface area contributed by atoms with E-state index in [0.717, 1.165) is 12.0 Å². The van der Waals surface area contributed by atoms with Crippen LogP contribution in [0.2, 0.25) is 5.02 Å². The van der Waals surface area contributed by atoms with Gasteiger partial charge in [0.25, 0.3) is 0 Å². The highest BCUT2D eigenvalue weighted by molar-refractivity contribution is 6.30. The summed E-state index contributed by atoms with van der Waals surface area (Å²) in [5, 5.41) is 6.13. The van der Waals surface area contributed by atoms with Gasteiger partial charge >= 0.3 is 0 Å². The van der Waals surface area contributed by atoms with Gasteiger partial charge in [-0.3, -0.25) is 14.4 Å². The monoisotopic (exact) mass is 428 g/mol. The maximum Gasteiger partial charge on any atom is 0.230 e. The van der Waals surface area contributed by atoms with Crippen LogP contribution in [-0.2, 0) is 14.4 Å². The molecule has 1 aromatic carbocycles. The van der Waals surface area contributed by atoms with Crippen LogP contribution >= 0.6 is 11.6 Å². The SMILES string of the molecule is CC(=O)NC(CC(=O)N1CCCC(C(=O)Nc2ccc(Cl)cn2)C1)c1ccccc1. The number of carbonyl (C=O) groups is 3. The smallest absolute Gasteiger partial charge is 0.230 e. The quantitative estimate of drug-likeness (QED) is 0.739. The number of piperidine rings is 1. The summed E-state index contributed by atoms with van der Waals surface area (Å²) in [6, 6.07) is 12.3. The Morgan fingerprint density at radius 1 is 1.20 bits per heavy atom. The first kappa shape index (κ1) is 21.8. The lowest BCUT2D eigenvalue weighted by atomic mass is 9.96. The van der Waals surface area contributed by atoms with Crippen LogP contribution < -0.4 is 10.6 Å². The minimum atomic E-state index is -0.399. The van der Waals surface area contributed by atoms with Gasteiger partial charge in [-0.25, -0.2) is 4.98 Å². The first-order valence-corrected chi connectivity index (χ1v) is 10.3. The average molecular weight is 429 g/mol. The number of benzene rings is 1. The number of aromatic nitrogens is 1. The van der Waals surface area contributed by atoms with Crippen molar-refractivity contribution < 1.29 is 14.4 Å². The number of nitrogens with one attached hydrogen (secondary N) is 2. The zero-order valence-corrected chi connectivity index (χ0v) is 17.6.